The number of anilines is 2. The highest BCUT2D eigenvalue weighted by molar-refractivity contribution is 7.15. The number of benzene rings is 2. The van der Waals surface area contributed by atoms with E-state index in [-0.39, 0.29) is 12.5 Å². The normalized spacial score (nSPS) is 12.7. The van der Waals surface area contributed by atoms with Crippen molar-refractivity contribution in [3.63, 3.8) is 0 Å². The van der Waals surface area contributed by atoms with Crippen LogP contribution in [0.15, 0.2) is 48.5 Å². The zero-order valence-electron chi connectivity index (χ0n) is 15.9. The minimum absolute atomic E-state index is 0.143. The number of nitrogens with zero attached hydrogens (tertiary/aromatic N) is 1. The lowest BCUT2D eigenvalue weighted by Crippen LogP contribution is -2.22. The topological polar surface area (TPSA) is 92.4 Å². The van der Waals surface area contributed by atoms with Crippen LogP contribution in [-0.4, -0.2) is 23.5 Å². The van der Waals surface area contributed by atoms with Crippen molar-refractivity contribution in [2.75, 3.05) is 17.2 Å². The Morgan fingerprint density at radius 3 is 2.80 bits per heavy atom. The highest BCUT2D eigenvalue weighted by atomic mass is 35.5. The molecule has 0 aliphatic carbocycles. The average molecular weight is 443 g/mol. The number of ether oxygens (including phenoxy) is 1. The molecule has 2 amide bonds. The van der Waals surface area contributed by atoms with E-state index in [4.69, 9.17) is 16.3 Å². The zero-order chi connectivity index (χ0) is 20.9. The minimum Gasteiger partial charge on any atom is -0.444 e. The van der Waals surface area contributed by atoms with E-state index in [1.807, 2.05) is 30.3 Å². The molecule has 9 heteroatoms. The summed E-state index contributed by atoms with van der Waals surface area (Å²) in [7, 11) is 0. The fourth-order valence-electron chi connectivity index (χ4n) is 3.02. The molecule has 154 valence electrons. The van der Waals surface area contributed by atoms with Gasteiger partial charge >= 0.3 is 6.09 Å². The second-order valence-corrected chi connectivity index (χ2v) is 8.21. The van der Waals surface area contributed by atoms with Crippen LogP contribution in [0.1, 0.15) is 26.5 Å². The van der Waals surface area contributed by atoms with Crippen LogP contribution >= 0.6 is 22.9 Å². The number of fused-ring (bicyclic) bond motifs is 1. The minimum atomic E-state index is -0.632. The van der Waals surface area contributed by atoms with Crippen LogP contribution in [0.25, 0.3) is 0 Å². The Labute approximate surface area is 182 Å². The van der Waals surface area contributed by atoms with E-state index in [9.17, 15) is 9.59 Å². The predicted octanol–water partition coefficient (Wildman–Crippen LogP) is 4.44. The van der Waals surface area contributed by atoms with Crippen LogP contribution in [0.3, 0.4) is 0 Å². The van der Waals surface area contributed by atoms with Gasteiger partial charge in [-0.15, -0.1) is 11.3 Å². The molecule has 30 heavy (non-hydrogen) atoms. The van der Waals surface area contributed by atoms with Gasteiger partial charge in [0.05, 0.1) is 5.69 Å². The van der Waals surface area contributed by atoms with Crippen LogP contribution in [0.4, 0.5) is 15.6 Å². The summed E-state index contributed by atoms with van der Waals surface area (Å²) in [5, 5.41) is 9.54. The molecule has 0 fully saturated rings. The van der Waals surface area contributed by atoms with Crippen molar-refractivity contribution in [3.05, 3.63) is 75.3 Å². The second kappa shape index (κ2) is 9.25. The van der Waals surface area contributed by atoms with Gasteiger partial charge in [-0.1, -0.05) is 41.9 Å². The smallest absolute Gasteiger partial charge is 0.411 e. The molecule has 1 aromatic heterocycles. The van der Waals surface area contributed by atoms with Crippen molar-refractivity contribution in [1.29, 1.82) is 0 Å². The number of thiazole rings is 1. The fraction of sp³-hybridized carbons (Fsp3) is 0.190. The van der Waals surface area contributed by atoms with Crippen molar-refractivity contribution < 1.29 is 14.3 Å². The van der Waals surface area contributed by atoms with E-state index < -0.39 is 6.09 Å². The molecule has 0 unspecified atom stereocenters. The standard InChI is InChI=1S/C21H19ClN4O3S/c22-15-8-14(19(27)26-20-25-17-11-23-7-6-18(17)30-20)9-16(10-15)24-21(28)29-12-13-4-2-1-3-5-13/h1-5,8-10,23H,6-7,11-12H2,(H,24,28)(H,25,26,27). The Morgan fingerprint density at radius 1 is 1.17 bits per heavy atom. The predicted molar refractivity (Wildman–Crippen MR) is 117 cm³/mol. The molecule has 4 rings (SSSR count). The van der Waals surface area contributed by atoms with Crippen LogP contribution in [0.2, 0.25) is 5.02 Å². The van der Waals surface area contributed by atoms with Gasteiger partial charge in [0.25, 0.3) is 5.91 Å². The molecule has 0 bridgehead atoms. The Balaban J connectivity index is 1.40. The van der Waals surface area contributed by atoms with Crippen molar-refractivity contribution in [2.24, 2.45) is 0 Å². The van der Waals surface area contributed by atoms with Crippen LogP contribution in [0.5, 0.6) is 0 Å². The lowest BCUT2D eigenvalue weighted by Gasteiger charge is -2.09. The lowest BCUT2D eigenvalue weighted by molar-refractivity contribution is 0.102. The number of aromatic nitrogens is 1. The van der Waals surface area contributed by atoms with Crippen molar-refractivity contribution >= 4 is 45.8 Å². The largest absolute Gasteiger partial charge is 0.444 e. The van der Waals surface area contributed by atoms with Gasteiger partial charge in [0.15, 0.2) is 5.13 Å². The molecule has 0 saturated heterocycles. The van der Waals surface area contributed by atoms with Crippen LogP contribution < -0.4 is 16.0 Å². The first-order chi connectivity index (χ1) is 14.6. The number of nitrogens with one attached hydrogen (secondary N) is 3. The molecule has 0 atom stereocenters. The van der Waals surface area contributed by atoms with E-state index in [1.165, 1.54) is 22.3 Å². The Bertz CT molecular complexity index is 1050. The Morgan fingerprint density at radius 2 is 2.00 bits per heavy atom. The van der Waals surface area contributed by atoms with Gasteiger partial charge in [-0.05, 0) is 30.2 Å². The van der Waals surface area contributed by atoms with Gasteiger partial charge in [0.1, 0.15) is 6.61 Å². The lowest BCUT2D eigenvalue weighted by atomic mass is 10.2. The van der Waals surface area contributed by atoms with E-state index in [0.29, 0.717) is 27.9 Å². The molecule has 0 saturated carbocycles. The highest BCUT2D eigenvalue weighted by Crippen LogP contribution is 2.26. The summed E-state index contributed by atoms with van der Waals surface area (Å²) in [4.78, 5) is 30.4. The zero-order valence-corrected chi connectivity index (χ0v) is 17.5. The Kier molecular flexibility index (Phi) is 6.27. The van der Waals surface area contributed by atoms with E-state index >= 15 is 0 Å². The van der Waals surface area contributed by atoms with Gasteiger partial charge in [0, 0.05) is 34.2 Å². The third kappa shape index (κ3) is 5.15. The third-order valence-corrected chi connectivity index (χ3v) is 5.73. The van der Waals surface area contributed by atoms with Crippen molar-refractivity contribution in [2.45, 2.75) is 19.6 Å². The number of hydrogen-bond donors (Lipinski definition) is 3. The molecule has 1 aliphatic rings. The molecule has 0 radical (unpaired) electrons. The van der Waals surface area contributed by atoms with Crippen molar-refractivity contribution in [1.82, 2.24) is 10.3 Å². The summed E-state index contributed by atoms with van der Waals surface area (Å²) in [6.45, 7) is 1.76. The summed E-state index contributed by atoms with van der Waals surface area (Å²) in [5.74, 6) is -0.350. The molecule has 2 heterocycles. The summed E-state index contributed by atoms with van der Waals surface area (Å²) in [6, 6.07) is 14.0. The van der Waals surface area contributed by atoms with Gasteiger partial charge in [0.2, 0.25) is 0 Å². The number of halogens is 1. The fourth-order valence-corrected chi connectivity index (χ4v) is 4.23. The quantitative estimate of drug-likeness (QED) is 0.543. The van der Waals surface area contributed by atoms with E-state index in [0.717, 1.165) is 24.2 Å². The molecular weight excluding hydrogens is 424 g/mol. The second-order valence-electron chi connectivity index (χ2n) is 6.69. The third-order valence-electron chi connectivity index (χ3n) is 4.44. The Hall–Kier alpha value is -2.94. The number of carbonyl (C=O) groups excluding carboxylic acids is 2. The monoisotopic (exact) mass is 442 g/mol. The molecule has 3 aromatic rings. The molecular formula is C21H19ClN4O3S. The molecule has 1 aliphatic heterocycles. The molecule has 3 N–H and O–H groups in total. The summed E-state index contributed by atoms with van der Waals surface area (Å²) >= 11 is 7.62. The van der Waals surface area contributed by atoms with Crippen molar-refractivity contribution in [3.8, 4) is 0 Å². The molecule has 2 aromatic carbocycles. The van der Waals surface area contributed by atoms with Crippen LogP contribution in [-0.2, 0) is 24.3 Å². The van der Waals surface area contributed by atoms with Gasteiger partial charge < -0.3 is 10.1 Å². The first-order valence-corrected chi connectivity index (χ1v) is 10.6. The first kappa shape index (κ1) is 20.3. The number of rotatable bonds is 5. The van der Waals surface area contributed by atoms with Gasteiger partial charge in [-0.25, -0.2) is 9.78 Å². The molecule has 0 spiro atoms. The van der Waals surface area contributed by atoms with E-state index in [1.54, 1.807) is 12.1 Å². The van der Waals surface area contributed by atoms with E-state index in [2.05, 4.69) is 20.9 Å². The summed E-state index contributed by atoms with van der Waals surface area (Å²) in [5.41, 5.74) is 2.52. The maximum atomic E-state index is 12.7. The maximum Gasteiger partial charge on any atom is 0.411 e. The van der Waals surface area contributed by atoms with Gasteiger partial charge in [-0.3, -0.25) is 15.4 Å². The highest BCUT2D eigenvalue weighted by Gasteiger charge is 2.17. The average Bonchev–Trinajstić information content (AvgIpc) is 3.15. The molecule has 7 nitrogen and oxygen atoms in total. The van der Waals surface area contributed by atoms with Crippen LogP contribution in [0, 0.1) is 0 Å². The summed E-state index contributed by atoms with van der Waals surface area (Å²) < 4.78 is 5.21. The first-order valence-electron chi connectivity index (χ1n) is 9.36. The number of hydrogen-bond acceptors (Lipinski definition) is 6. The van der Waals surface area contributed by atoms with Gasteiger partial charge in [-0.2, -0.15) is 0 Å². The number of carbonyl (C=O) groups is 2. The summed E-state index contributed by atoms with van der Waals surface area (Å²) in [6.07, 6.45) is 0.270. The maximum absolute atomic E-state index is 12.7. The SMILES string of the molecule is O=C(Nc1cc(Cl)cc(C(=O)Nc2nc3c(s2)CCNC3)c1)OCc1ccccc1. The number of amides is 2.